The Morgan fingerprint density at radius 2 is 2.05 bits per heavy atom. The summed E-state index contributed by atoms with van der Waals surface area (Å²) in [4.78, 5) is 2.23. The van der Waals surface area contributed by atoms with Gasteiger partial charge in [-0.1, -0.05) is 6.07 Å². The normalized spacial score (nSPS) is 14.6. The number of hydrogen-bond donors (Lipinski definition) is 0. The van der Waals surface area contributed by atoms with E-state index in [2.05, 4.69) is 16.9 Å². The highest BCUT2D eigenvalue weighted by molar-refractivity contribution is 5.72. The molecule has 3 nitrogen and oxygen atoms in total. The van der Waals surface area contributed by atoms with Crippen molar-refractivity contribution in [2.24, 2.45) is 7.05 Å². The van der Waals surface area contributed by atoms with Gasteiger partial charge >= 0.3 is 6.18 Å². The van der Waals surface area contributed by atoms with E-state index in [4.69, 9.17) is 0 Å². The van der Waals surface area contributed by atoms with Gasteiger partial charge in [-0.15, -0.1) is 0 Å². The Kier molecular flexibility index (Phi) is 3.19. The number of alkyl halides is 3. The van der Waals surface area contributed by atoms with E-state index in [1.54, 1.807) is 6.07 Å². The molecule has 0 N–H and O–H groups in total. The van der Waals surface area contributed by atoms with E-state index in [9.17, 15) is 13.2 Å². The maximum absolute atomic E-state index is 13.1. The van der Waals surface area contributed by atoms with E-state index in [0.717, 1.165) is 30.8 Å². The Morgan fingerprint density at radius 3 is 2.71 bits per heavy atom. The molecule has 0 atom stereocenters. The summed E-state index contributed by atoms with van der Waals surface area (Å²) >= 11 is 0. The van der Waals surface area contributed by atoms with Crippen molar-refractivity contribution in [1.82, 2.24) is 9.78 Å². The zero-order chi connectivity index (χ0) is 15.2. The van der Waals surface area contributed by atoms with E-state index in [0.29, 0.717) is 5.56 Å². The molecule has 1 aliphatic rings. The van der Waals surface area contributed by atoms with Gasteiger partial charge in [0, 0.05) is 37.6 Å². The molecule has 2 aromatic rings. The summed E-state index contributed by atoms with van der Waals surface area (Å²) in [6, 6.07) is 5.52. The van der Waals surface area contributed by atoms with Crippen molar-refractivity contribution in [3.63, 3.8) is 0 Å². The van der Waals surface area contributed by atoms with E-state index < -0.39 is 11.9 Å². The average molecular weight is 295 g/mol. The minimum atomic E-state index is -4.44. The summed E-state index contributed by atoms with van der Waals surface area (Å²) in [7, 11) is 1.50. The second kappa shape index (κ2) is 4.79. The number of aromatic nitrogens is 2. The molecule has 0 amide bonds. The van der Waals surface area contributed by atoms with Gasteiger partial charge in [0.15, 0.2) is 5.69 Å². The van der Waals surface area contributed by atoms with Gasteiger partial charge in [-0.05, 0) is 36.6 Å². The van der Waals surface area contributed by atoms with Gasteiger partial charge in [0.25, 0.3) is 0 Å². The quantitative estimate of drug-likeness (QED) is 0.845. The summed E-state index contributed by atoms with van der Waals surface area (Å²) in [6.45, 7) is 3.91. The molecule has 1 aliphatic heterocycles. The second-order valence-electron chi connectivity index (χ2n) is 5.24. The first-order chi connectivity index (χ1) is 9.90. The molecular formula is C15H16F3N3. The Balaban J connectivity index is 2.07. The van der Waals surface area contributed by atoms with Gasteiger partial charge in [-0.2, -0.15) is 18.3 Å². The summed E-state index contributed by atoms with van der Waals surface area (Å²) in [5.41, 5.74) is 2.12. The van der Waals surface area contributed by atoms with Crippen LogP contribution in [0.2, 0.25) is 0 Å². The fourth-order valence-electron chi connectivity index (χ4n) is 2.88. The molecule has 112 valence electrons. The van der Waals surface area contributed by atoms with Crippen molar-refractivity contribution in [1.29, 1.82) is 0 Å². The number of benzene rings is 1. The van der Waals surface area contributed by atoms with Crippen LogP contribution in [-0.4, -0.2) is 22.9 Å². The van der Waals surface area contributed by atoms with Crippen LogP contribution < -0.4 is 4.90 Å². The maximum Gasteiger partial charge on any atom is 0.435 e. The first kappa shape index (κ1) is 14.0. The number of hydrogen-bond acceptors (Lipinski definition) is 2. The number of anilines is 1. The molecule has 0 bridgehead atoms. The fourth-order valence-corrected chi connectivity index (χ4v) is 2.88. The highest BCUT2D eigenvalue weighted by atomic mass is 19.4. The van der Waals surface area contributed by atoms with Crippen LogP contribution in [0, 0.1) is 0 Å². The van der Waals surface area contributed by atoms with Crippen molar-refractivity contribution in [2.75, 3.05) is 18.0 Å². The number of aryl methyl sites for hydroxylation is 1. The fraction of sp³-hybridized carbons (Fsp3) is 0.400. The molecule has 0 aliphatic carbocycles. The van der Waals surface area contributed by atoms with Crippen LogP contribution in [0.3, 0.4) is 0 Å². The Hall–Kier alpha value is -1.98. The van der Waals surface area contributed by atoms with Crippen molar-refractivity contribution in [3.8, 4) is 11.1 Å². The Morgan fingerprint density at radius 1 is 1.29 bits per heavy atom. The summed E-state index contributed by atoms with van der Waals surface area (Å²) < 4.78 is 40.4. The molecule has 0 radical (unpaired) electrons. The van der Waals surface area contributed by atoms with Gasteiger partial charge in [0.2, 0.25) is 0 Å². The zero-order valence-electron chi connectivity index (χ0n) is 11.9. The van der Waals surface area contributed by atoms with Crippen LogP contribution in [0.5, 0.6) is 0 Å². The number of fused-ring (bicyclic) bond motifs is 1. The summed E-state index contributed by atoms with van der Waals surface area (Å²) in [5.74, 6) is 0. The van der Waals surface area contributed by atoms with Crippen LogP contribution in [0.4, 0.5) is 18.9 Å². The van der Waals surface area contributed by atoms with Gasteiger partial charge in [-0.25, -0.2) is 0 Å². The number of halogens is 3. The minimum absolute atomic E-state index is 0.141. The third kappa shape index (κ3) is 2.39. The summed E-state index contributed by atoms with van der Waals surface area (Å²) in [6.07, 6.45) is -2.14. The molecule has 1 aromatic carbocycles. The predicted octanol–water partition coefficient (Wildman–Crippen LogP) is 3.49. The Labute approximate surface area is 121 Å². The molecule has 3 rings (SSSR count). The topological polar surface area (TPSA) is 21.1 Å². The van der Waals surface area contributed by atoms with Crippen LogP contribution >= 0.6 is 0 Å². The highest BCUT2D eigenvalue weighted by Gasteiger charge is 2.37. The van der Waals surface area contributed by atoms with Crippen molar-refractivity contribution < 1.29 is 13.2 Å². The predicted molar refractivity (Wildman–Crippen MR) is 75.2 cm³/mol. The van der Waals surface area contributed by atoms with E-state index in [-0.39, 0.29) is 5.56 Å². The molecule has 0 spiro atoms. The lowest BCUT2D eigenvalue weighted by molar-refractivity contribution is -0.140. The van der Waals surface area contributed by atoms with Gasteiger partial charge < -0.3 is 4.90 Å². The molecule has 2 heterocycles. The lowest BCUT2D eigenvalue weighted by Crippen LogP contribution is -2.18. The standard InChI is InChI=1S/C15H16F3N3/c1-3-21-7-6-11-8-10(4-5-13(11)21)12-9-20(2)19-14(12)15(16,17)18/h4-5,8-9H,3,6-7H2,1-2H3. The smallest absolute Gasteiger partial charge is 0.371 e. The molecule has 0 unspecified atom stereocenters. The third-order valence-electron chi connectivity index (χ3n) is 3.86. The van der Waals surface area contributed by atoms with Crippen LogP contribution in [0.1, 0.15) is 18.2 Å². The number of likely N-dealkylation sites (N-methyl/N-ethyl adjacent to an activating group) is 1. The number of rotatable bonds is 2. The highest BCUT2D eigenvalue weighted by Crippen LogP contribution is 2.38. The van der Waals surface area contributed by atoms with E-state index >= 15 is 0 Å². The zero-order valence-corrected chi connectivity index (χ0v) is 11.9. The van der Waals surface area contributed by atoms with Gasteiger partial charge in [0.05, 0.1) is 0 Å². The molecule has 0 saturated carbocycles. The first-order valence-corrected chi connectivity index (χ1v) is 6.89. The minimum Gasteiger partial charge on any atom is -0.371 e. The second-order valence-corrected chi connectivity index (χ2v) is 5.24. The van der Waals surface area contributed by atoms with Crippen molar-refractivity contribution in [2.45, 2.75) is 19.5 Å². The SMILES string of the molecule is CCN1CCc2cc(-c3cn(C)nc3C(F)(F)F)ccc21. The van der Waals surface area contributed by atoms with Crippen molar-refractivity contribution >= 4 is 5.69 Å². The first-order valence-electron chi connectivity index (χ1n) is 6.89. The Bertz CT molecular complexity index is 673. The number of nitrogens with zero attached hydrogens (tertiary/aromatic N) is 3. The summed E-state index contributed by atoms with van der Waals surface area (Å²) in [5, 5.41) is 3.56. The van der Waals surface area contributed by atoms with E-state index in [1.165, 1.54) is 17.9 Å². The monoisotopic (exact) mass is 295 g/mol. The van der Waals surface area contributed by atoms with Gasteiger partial charge in [0.1, 0.15) is 0 Å². The largest absolute Gasteiger partial charge is 0.435 e. The molecule has 0 fully saturated rings. The maximum atomic E-state index is 13.1. The lowest BCUT2D eigenvalue weighted by atomic mass is 10.0. The van der Waals surface area contributed by atoms with Gasteiger partial charge in [-0.3, -0.25) is 4.68 Å². The van der Waals surface area contributed by atoms with Crippen LogP contribution in [0.15, 0.2) is 24.4 Å². The molecule has 0 saturated heterocycles. The average Bonchev–Trinajstić information content (AvgIpc) is 3.00. The van der Waals surface area contributed by atoms with E-state index in [1.807, 2.05) is 12.1 Å². The molecule has 6 heteroatoms. The molecule has 1 aromatic heterocycles. The lowest BCUT2D eigenvalue weighted by Gasteiger charge is -2.16. The van der Waals surface area contributed by atoms with Crippen molar-refractivity contribution in [3.05, 3.63) is 35.7 Å². The van der Waals surface area contributed by atoms with Crippen LogP contribution in [-0.2, 0) is 19.6 Å². The molecule has 21 heavy (non-hydrogen) atoms. The molecular weight excluding hydrogens is 279 g/mol. The third-order valence-corrected chi connectivity index (χ3v) is 3.86. The van der Waals surface area contributed by atoms with Crippen LogP contribution in [0.25, 0.3) is 11.1 Å².